The molecule has 0 radical (unpaired) electrons. The molecule has 102 valence electrons. The summed E-state index contributed by atoms with van der Waals surface area (Å²) < 4.78 is 18.1. The van der Waals surface area contributed by atoms with Crippen LogP contribution in [0.1, 0.15) is 38.5 Å². The van der Waals surface area contributed by atoms with E-state index in [0.29, 0.717) is 6.42 Å². The molecule has 0 amide bonds. The predicted octanol–water partition coefficient (Wildman–Crippen LogP) is 2.81. The van der Waals surface area contributed by atoms with Crippen molar-refractivity contribution in [1.82, 2.24) is 0 Å². The fourth-order valence-corrected chi connectivity index (χ4v) is 4.56. The van der Waals surface area contributed by atoms with E-state index < -0.39 is 16.0 Å². The molecule has 1 saturated heterocycles. The molecule has 3 nitrogen and oxygen atoms in total. The number of ether oxygens (including phenoxy) is 1. The summed E-state index contributed by atoms with van der Waals surface area (Å²) in [6, 6.07) is 9.22. The van der Waals surface area contributed by atoms with Crippen LogP contribution in [0, 0.1) is 0 Å². The first kappa shape index (κ1) is 12.9. The molecule has 1 aliphatic heterocycles. The van der Waals surface area contributed by atoms with Gasteiger partial charge in [-0.2, -0.15) is 0 Å². The van der Waals surface area contributed by atoms with Crippen molar-refractivity contribution >= 4 is 16.8 Å². The minimum atomic E-state index is -1.29. The zero-order valence-electron chi connectivity index (χ0n) is 10.8. The second-order valence-electron chi connectivity index (χ2n) is 5.47. The van der Waals surface area contributed by atoms with Crippen LogP contribution >= 0.6 is 0 Å². The van der Waals surface area contributed by atoms with Crippen molar-refractivity contribution in [2.45, 2.75) is 54.3 Å². The Balaban J connectivity index is 1.79. The van der Waals surface area contributed by atoms with E-state index in [1.807, 2.05) is 30.3 Å². The van der Waals surface area contributed by atoms with Crippen molar-refractivity contribution in [1.29, 1.82) is 0 Å². The number of hydrogen-bond donors (Lipinski definition) is 0. The van der Waals surface area contributed by atoms with Crippen LogP contribution in [0.2, 0.25) is 0 Å². The molecule has 2 aliphatic rings. The lowest BCUT2D eigenvalue weighted by Crippen LogP contribution is -2.31. The molecule has 2 atom stereocenters. The molecule has 1 aromatic carbocycles. The highest BCUT2D eigenvalue weighted by atomic mass is 32.2. The smallest absolute Gasteiger partial charge is 0.322 e. The third kappa shape index (κ3) is 2.46. The largest absolute Gasteiger partial charge is 0.458 e. The van der Waals surface area contributed by atoms with Crippen LogP contribution in [0.25, 0.3) is 0 Å². The number of carbonyl (C=O) groups is 1. The molecular formula is C15H18O3S. The first-order valence-electron chi connectivity index (χ1n) is 6.89. The van der Waals surface area contributed by atoms with Gasteiger partial charge in [-0.15, -0.1) is 0 Å². The van der Waals surface area contributed by atoms with Crippen molar-refractivity contribution in [3.8, 4) is 0 Å². The molecule has 0 bridgehead atoms. The molecule has 2 unspecified atom stereocenters. The Bertz CT molecular complexity index is 491. The molecule has 1 spiro atoms. The van der Waals surface area contributed by atoms with E-state index in [-0.39, 0.29) is 11.6 Å². The predicted molar refractivity (Wildman–Crippen MR) is 73.2 cm³/mol. The van der Waals surface area contributed by atoms with Crippen molar-refractivity contribution in [3.63, 3.8) is 0 Å². The summed E-state index contributed by atoms with van der Waals surface area (Å²) >= 11 is 0. The van der Waals surface area contributed by atoms with Gasteiger partial charge in [0.15, 0.2) is 0 Å². The first-order valence-corrected chi connectivity index (χ1v) is 8.10. The van der Waals surface area contributed by atoms with Gasteiger partial charge in [0.1, 0.15) is 10.9 Å². The molecule has 2 fully saturated rings. The van der Waals surface area contributed by atoms with Gasteiger partial charge >= 0.3 is 5.97 Å². The fourth-order valence-electron chi connectivity index (χ4n) is 3.13. The van der Waals surface area contributed by atoms with Crippen LogP contribution in [0.4, 0.5) is 0 Å². The van der Waals surface area contributed by atoms with E-state index in [0.717, 1.165) is 30.6 Å². The van der Waals surface area contributed by atoms with Crippen LogP contribution in [0.15, 0.2) is 35.2 Å². The number of benzene rings is 1. The quantitative estimate of drug-likeness (QED) is 0.781. The maximum absolute atomic E-state index is 12.5. The molecule has 4 heteroatoms. The molecule has 1 heterocycles. The molecule has 1 saturated carbocycles. The van der Waals surface area contributed by atoms with Gasteiger partial charge in [0, 0.05) is 11.3 Å². The van der Waals surface area contributed by atoms with Crippen LogP contribution in [-0.4, -0.2) is 21.0 Å². The van der Waals surface area contributed by atoms with E-state index in [1.54, 1.807) is 0 Å². The van der Waals surface area contributed by atoms with Crippen LogP contribution < -0.4 is 0 Å². The standard InChI is InChI=1S/C15H18O3S/c16-14-13(19(17)12-7-3-1-4-8-12)11-15(18-14)9-5-2-6-10-15/h1,3-4,7-8,13H,2,5-6,9-11H2. The summed E-state index contributed by atoms with van der Waals surface area (Å²) in [4.78, 5) is 12.8. The summed E-state index contributed by atoms with van der Waals surface area (Å²) in [6.45, 7) is 0. The van der Waals surface area contributed by atoms with Gasteiger partial charge in [-0.3, -0.25) is 9.00 Å². The van der Waals surface area contributed by atoms with Crippen molar-refractivity contribution in [2.24, 2.45) is 0 Å². The van der Waals surface area contributed by atoms with Crippen molar-refractivity contribution in [3.05, 3.63) is 30.3 Å². The Hall–Kier alpha value is -1.16. The minimum Gasteiger partial charge on any atom is -0.458 e. The third-order valence-corrected chi connectivity index (χ3v) is 5.75. The molecule has 3 rings (SSSR count). The van der Waals surface area contributed by atoms with E-state index in [1.165, 1.54) is 6.42 Å². The van der Waals surface area contributed by atoms with Gasteiger partial charge in [0.05, 0.1) is 10.8 Å². The van der Waals surface area contributed by atoms with E-state index in [4.69, 9.17) is 4.74 Å². The number of rotatable bonds is 2. The zero-order valence-corrected chi connectivity index (χ0v) is 11.7. The monoisotopic (exact) mass is 278 g/mol. The molecule has 1 aliphatic carbocycles. The Kier molecular flexibility index (Phi) is 3.44. The number of esters is 1. The molecule has 0 N–H and O–H groups in total. The topological polar surface area (TPSA) is 43.4 Å². The van der Waals surface area contributed by atoms with Crippen LogP contribution in [0.5, 0.6) is 0 Å². The Morgan fingerprint density at radius 1 is 1.11 bits per heavy atom. The normalized spacial score (nSPS) is 27.2. The second kappa shape index (κ2) is 5.08. The maximum atomic E-state index is 12.5. The molecular weight excluding hydrogens is 260 g/mol. The van der Waals surface area contributed by atoms with E-state index in [9.17, 15) is 9.00 Å². The number of carbonyl (C=O) groups excluding carboxylic acids is 1. The lowest BCUT2D eigenvalue weighted by molar-refractivity contribution is -0.150. The highest BCUT2D eigenvalue weighted by Crippen LogP contribution is 2.42. The van der Waals surface area contributed by atoms with Gasteiger partial charge < -0.3 is 4.74 Å². The van der Waals surface area contributed by atoms with Gasteiger partial charge in [0.25, 0.3) is 0 Å². The average Bonchev–Trinajstić information content (AvgIpc) is 2.76. The van der Waals surface area contributed by atoms with Gasteiger partial charge in [-0.1, -0.05) is 24.6 Å². The Labute approximate surface area is 115 Å². The lowest BCUT2D eigenvalue weighted by Gasteiger charge is -2.31. The van der Waals surface area contributed by atoms with Gasteiger partial charge in [-0.25, -0.2) is 0 Å². The van der Waals surface area contributed by atoms with E-state index in [2.05, 4.69) is 0 Å². The Morgan fingerprint density at radius 3 is 2.47 bits per heavy atom. The number of hydrogen-bond acceptors (Lipinski definition) is 3. The average molecular weight is 278 g/mol. The third-order valence-electron chi connectivity index (χ3n) is 4.14. The SMILES string of the molecule is O=C1OC2(CCCCC2)CC1S(=O)c1ccccc1. The fraction of sp³-hybridized carbons (Fsp3) is 0.533. The summed E-state index contributed by atoms with van der Waals surface area (Å²) in [5.41, 5.74) is -0.315. The molecule has 1 aromatic rings. The lowest BCUT2D eigenvalue weighted by atomic mass is 9.83. The molecule has 0 aromatic heterocycles. The minimum absolute atomic E-state index is 0.274. The summed E-state index contributed by atoms with van der Waals surface area (Å²) in [6.07, 6.45) is 5.91. The molecule has 19 heavy (non-hydrogen) atoms. The summed E-state index contributed by atoms with van der Waals surface area (Å²) in [5.74, 6) is -0.274. The second-order valence-corrected chi connectivity index (χ2v) is 7.10. The first-order chi connectivity index (χ1) is 9.20. The van der Waals surface area contributed by atoms with Crippen molar-refractivity contribution in [2.75, 3.05) is 0 Å². The maximum Gasteiger partial charge on any atom is 0.322 e. The highest BCUT2D eigenvalue weighted by molar-refractivity contribution is 7.86. The van der Waals surface area contributed by atoms with Crippen molar-refractivity contribution < 1.29 is 13.7 Å². The summed E-state index contributed by atoms with van der Waals surface area (Å²) in [7, 11) is -1.29. The Morgan fingerprint density at radius 2 is 1.79 bits per heavy atom. The van der Waals surface area contributed by atoms with Crippen LogP contribution in [0.3, 0.4) is 0 Å². The van der Waals surface area contributed by atoms with E-state index >= 15 is 0 Å². The zero-order chi connectivity index (χ0) is 13.3. The van der Waals surface area contributed by atoms with Gasteiger partial charge in [-0.05, 0) is 37.8 Å². The summed E-state index contributed by atoms with van der Waals surface area (Å²) in [5, 5.41) is -0.486. The highest BCUT2D eigenvalue weighted by Gasteiger charge is 2.49. The van der Waals surface area contributed by atoms with Crippen LogP contribution in [-0.2, 0) is 20.3 Å². The van der Waals surface area contributed by atoms with Gasteiger partial charge in [0.2, 0.25) is 0 Å².